The van der Waals surface area contributed by atoms with Crippen molar-refractivity contribution >= 4 is 22.6 Å². The minimum atomic E-state index is -0.0986. The SMILES string of the molecule is COCCNC(=O)CNc1nc(-c2ccccc2)ns1. The second-order valence-corrected chi connectivity index (χ2v) is 4.74. The Bertz CT molecular complexity index is 544. The normalized spacial score (nSPS) is 10.2. The number of nitrogens with zero attached hydrogens (tertiary/aromatic N) is 2. The van der Waals surface area contributed by atoms with Crippen molar-refractivity contribution in [2.75, 3.05) is 32.1 Å². The highest BCUT2D eigenvalue weighted by atomic mass is 32.1. The number of hydrogen-bond donors (Lipinski definition) is 2. The monoisotopic (exact) mass is 292 g/mol. The Morgan fingerprint density at radius 2 is 2.15 bits per heavy atom. The van der Waals surface area contributed by atoms with Crippen LogP contribution in [0.4, 0.5) is 5.13 Å². The van der Waals surface area contributed by atoms with Crippen LogP contribution in [-0.4, -0.2) is 42.1 Å². The summed E-state index contributed by atoms with van der Waals surface area (Å²) in [6.07, 6.45) is 0. The molecule has 2 aromatic rings. The van der Waals surface area contributed by atoms with Gasteiger partial charge in [0.15, 0.2) is 5.82 Å². The molecule has 0 saturated heterocycles. The van der Waals surface area contributed by atoms with Crippen molar-refractivity contribution in [3.8, 4) is 11.4 Å². The highest BCUT2D eigenvalue weighted by molar-refractivity contribution is 7.09. The van der Waals surface area contributed by atoms with Gasteiger partial charge >= 0.3 is 0 Å². The first-order chi connectivity index (χ1) is 9.79. The van der Waals surface area contributed by atoms with Gasteiger partial charge in [0.05, 0.1) is 13.2 Å². The van der Waals surface area contributed by atoms with Crippen LogP contribution < -0.4 is 10.6 Å². The average molecular weight is 292 g/mol. The van der Waals surface area contributed by atoms with Gasteiger partial charge in [0, 0.05) is 30.8 Å². The van der Waals surface area contributed by atoms with Crippen LogP contribution in [-0.2, 0) is 9.53 Å². The molecule has 0 spiro atoms. The fourth-order valence-electron chi connectivity index (χ4n) is 1.51. The summed E-state index contributed by atoms with van der Waals surface area (Å²) in [7, 11) is 1.59. The average Bonchev–Trinajstić information content (AvgIpc) is 2.95. The van der Waals surface area contributed by atoms with Gasteiger partial charge in [-0.15, -0.1) is 0 Å². The van der Waals surface area contributed by atoms with E-state index in [-0.39, 0.29) is 12.5 Å². The van der Waals surface area contributed by atoms with Gasteiger partial charge in [0.2, 0.25) is 11.0 Å². The van der Waals surface area contributed by atoms with Gasteiger partial charge in [-0.2, -0.15) is 9.36 Å². The number of benzene rings is 1. The van der Waals surface area contributed by atoms with Gasteiger partial charge in [-0.25, -0.2) is 0 Å². The molecule has 1 aromatic heterocycles. The number of ether oxygens (including phenoxy) is 1. The molecule has 0 aliphatic heterocycles. The first-order valence-corrected chi connectivity index (χ1v) is 6.95. The number of methoxy groups -OCH3 is 1. The zero-order valence-electron chi connectivity index (χ0n) is 11.1. The second kappa shape index (κ2) is 7.56. The standard InChI is InChI=1S/C13H16N4O2S/c1-19-8-7-14-11(18)9-15-13-16-12(17-20-13)10-5-3-2-4-6-10/h2-6H,7-9H2,1H3,(H,14,18)(H,15,16,17). The van der Waals surface area contributed by atoms with Crippen molar-refractivity contribution in [1.29, 1.82) is 0 Å². The van der Waals surface area contributed by atoms with Crippen molar-refractivity contribution in [3.05, 3.63) is 30.3 Å². The zero-order chi connectivity index (χ0) is 14.2. The van der Waals surface area contributed by atoms with E-state index in [0.717, 1.165) is 5.56 Å². The van der Waals surface area contributed by atoms with Crippen LogP contribution >= 0.6 is 11.5 Å². The highest BCUT2D eigenvalue weighted by Gasteiger charge is 2.07. The van der Waals surface area contributed by atoms with Gasteiger partial charge in [-0.1, -0.05) is 30.3 Å². The fraction of sp³-hybridized carbons (Fsp3) is 0.308. The molecular weight excluding hydrogens is 276 g/mol. The number of carbonyl (C=O) groups is 1. The maximum Gasteiger partial charge on any atom is 0.239 e. The first kappa shape index (κ1) is 14.4. The Morgan fingerprint density at radius 3 is 2.90 bits per heavy atom. The molecule has 0 aliphatic carbocycles. The number of aromatic nitrogens is 2. The molecule has 0 atom stereocenters. The molecule has 1 amide bonds. The molecule has 0 saturated carbocycles. The third-order valence-electron chi connectivity index (χ3n) is 2.49. The summed E-state index contributed by atoms with van der Waals surface area (Å²) in [5.41, 5.74) is 0.960. The first-order valence-electron chi connectivity index (χ1n) is 6.18. The van der Waals surface area contributed by atoms with Crippen molar-refractivity contribution in [2.24, 2.45) is 0 Å². The van der Waals surface area contributed by atoms with Gasteiger partial charge in [0.1, 0.15) is 0 Å². The van der Waals surface area contributed by atoms with E-state index in [4.69, 9.17) is 4.74 Å². The quantitative estimate of drug-likeness (QED) is 0.754. The van der Waals surface area contributed by atoms with Crippen LogP contribution in [0.1, 0.15) is 0 Å². The summed E-state index contributed by atoms with van der Waals surface area (Å²) >= 11 is 1.24. The lowest BCUT2D eigenvalue weighted by Gasteiger charge is -2.04. The molecule has 20 heavy (non-hydrogen) atoms. The topological polar surface area (TPSA) is 76.1 Å². The van der Waals surface area contributed by atoms with E-state index in [1.54, 1.807) is 7.11 Å². The molecular formula is C13H16N4O2S. The van der Waals surface area contributed by atoms with Gasteiger partial charge in [0.25, 0.3) is 0 Å². The third kappa shape index (κ3) is 4.29. The number of amides is 1. The van der Waals surface area contributed by atoms with Crippen molar-refractivity contribution < 1.29 is 9.53 Å². The molecule has 6 nitrogen and oxygen atoms in total. The lowest BCUT2D eigenvalue weighted by Crippen LogP contribution is -2.32. The zero-order valence-corrected chi connectivity index (χ0v) is 11.9. The third-order valence-corrected chi connectivity index (χ3v) is 3.16. The number of nitrogens with one attached hydrogen (secondary N) is 2. The minimum absolute atomic E-state index is 0.0986. The highest BCUT2D eigenvalue weighted by Crippen LogP contribution is 2.20. The molecule has 0 unspecified atom stereocenters. The minimum Gasteiger partial charge on any atom is -0.383 e. The number of hydrogen-bond acceptors (Lipinski definition) is 6. The van der Waals surface area contributed by atoms with Crippen molar-refractivity contribution in [2.45, 2.75) is 0 Å². The van der Waals surface area contributed by atoms with E-state index in [2.05, 4.69) is 20.0 Å². The molecule has 0 aliphatic rings. The van der Waals surface area contributed by atoms with Crippen LogP contribution in [0, 0.1) is 0 Å². The number of anilines is 1. The van der Waals surface area contributed by atoms with Crippen molar-refractivity contribution in [1.82, 2.24) is 14.7 Å². The van der Waals surface area contributed by atoms with E-state index >= 15 is 0 Å². The van der Waals surface area contributed by atoms with E-state index in [1.165, 1.54) is 11.5 Å². The van der Waals surface area contributed by atoms with E-state index in [0.29, 0.717) is 24.1 Å². The summed E-state index contributed by atoms with van der Waals surface area (Å²) in [6, 6.07) is 9.71. The lowest BCUT2D eigenvalue weighted by atomic mass is 10.2. The Labute approximate surface area is 121 Å². The van der Waals surface area contributed by atoms with E-state index < -0.39 is 0 Å². The Kier molecular flexibility index (Phi) is 5.45. The Morgan fingerprint density at radius 1 is 1.35 bits per heavy atom. The Balaban J connectivity index is 1.83. The molecule has 7 heteroatoms. The summed E-state index contributed by atoms with van der Waals surface area (Å²) in [6.45, 7) is 1.18. The summed E-state index contributed by atoms with van der Waals surface area (Å²) in [5, 5.41) is 6.31. The van der Waals surface area contributed by atoms with Crippen LogP contribution in [0.3, 0.4) is 0 Å². The van der Waals surface area contributed by atoms with Gasteiger partial charge in [-0.05, 0) is 0 Å². The van der Waals surface area contributed by atoms with E-state index in [9.17, 15) is 4.79 Å². The molecule has 0 fully saturated rings. The number of carbonyl (C=O) groups excluding carboxylic acids is 1. The molecule has 0 bridgehead atoms. The Hall–Kier alpha value is -1.99. The molecule has 1 aromatic carbocycles. The predicted octanol–water partition coefficient (Wildman–Crippen LogP) is 1.38. The lowest BCUT2D eigenvalue weighted by molar-refractivity contribution is -0.119. The maximum absolute atomic E-state index is 11.5. The van der Waals surface area contributed by atoms with Crippen LogP contribution in [0.25, 0.3) is 11.4 Å². The largest absolute Gasteiger partial charge is 0.383 e. The molecule has 2 N–H and O–H groups in total. The van der Waals surface area contributed by atoms with Crippen LogP contribution in [0.15, 0.2) is 30.3 Å². The molecule has 1 heterocycles. The summed E-state index contributed by atoms with van der Waals surface area (Å²) in [5.74, 6) is 0.566. The second-order valence-electron chi connectivity index (χ2n) is 3.99. The smallest absolute Gasteiger partial charge is 0.239 e. The molecule has 106 valence electrons. The summed E-state index contributed by atoms with van der Waals surface area (Å²) in [4.78, 5) is 15.8. The van der Waals surface area contributed by atoms with E-state index in [1.807, 2.05) is 30.3 Å². The van der Waals surface area contributed by atoms with Crippen molar-refractivity contribution in [3.63, 3.8) is 0 Å². The summed E-state index contributed by atoms with van der Waals surface area (Å²) < 4.78 is 9.11. The maximum atomic E-state index is 11.5. The fourth-order valence-corrected chi connectivity index (χ4v) is 2.09. The molecule has 2 rings (SSSR count). The predicted molar refractivity (Wildman–Crippen MR) is 78.7 cm³/mol. The number of rotatable bonds is 7. The van der Waals surface area contributed by atoms with Gasteiger partial charge < -0.3 is 15.4 Å². The van der Waals surface area contributed by atoms with Crippen LogP contribution in [0.2, 0.25) is 0 Å². The van der Waals surface area contributed by atoms with Gasteiger partial charge in [-0.3, -0.25) is 4.79 Å². The van der Waals surface area contributed by atoms with Crippen LogP contribution in [0.5, 0.6) is 0 Å². The molecule has 0 radical (unpaired) electrons.